The van der Waals surface area contributed by atoms with Gasteiger partial charge in [-0.05, 0) is 30.7 Å². The highest BCUT2D eigenvalue weighted by Crippen LogP contribution is 2.28. The van der Waals surface area contributed by atoms with Crippen molar-refractivity contribution in [2.75, 3.05) is 5.32 Å². The number of halogens is 1. The predicted octanol–water partition coefficient (Wildman–Crippen LogP) is 3.93. The first-order valence-electron chi connectivity index (χ1n) is 6.51. The zero-order valence-corrected chi connectivity index (χ0v) is 12.1. The Morgan fingerprint density at radius 3 is 2.90 bits per heavy atom. The second-order valence-corrected chi connectivity index (χ2v) is 5.10. The Morgan fingerprint density at radius 1 is 1.25 bits per heavy atom. The maximum atomic E-state index is 6.01. The van der Waals surface area contributed by atoms with Gasteiger partial charge in [0.25, 0.3) is 0 Å². The summed E-state index contributed by atoms with van der Waals surface area (Å²) in [6.07, 6.45) is 4.65. The van der Waals surface area contributed by atoms with E-state index in [1.165, 1.54) is 0 Å². The van der Waals surface area contributed by atoms with Crippen LogP contribution in [0.15, 0.2) is 36.7 Å². The molecule has 102 valence electrons. The van der Waals surface area contributed by atoms with Gasteiger partial charge in [0.2, 0.25) is 0 Å². The smallest absolute Gasteiger partial charge is 0.0856 e. The lowest BCUT2D eigenvalue weighted by Crippen LogP contribution is -1.94. The Balaban J connectivity index is 2.06. The molecule has 20 heavy (non-hydrogen) atoms. The predicted molar refractivity (Wildman–Crippen MR) is 82.6 cm³/mol. The monoisotopic (exact) mass is 286 g/mol. The number of rotatable bonds is 3. The van der Waals surface area contributed by atoms with Crippen LogP contribution in [-0.4, -0.2) is 14.8 Å². The summed E-state index contributed by atoms with van der Waals surface area (Å²) in [5, 5.41) is 9.61. The Kier molecular flexibility index (Phi) is 3.32. The van der Waals surface area contributed by atoms with Crippen LogP contribution in [0.5, 0.6) is 0 Å². The molecule has 3 rings (SSSR count). The lowest BCUT2D eigenvalue weighted by molar-refractivity contribution is 0.746. The lowest BCUT2D eigenvalue weighted by Gasteiger charge is -2.09. The van der Waals surface area contributed by atoms with E-state index in [-0.39, 0.29) is 0 Å². The molecule has 0 radical (unpaired) electrons. The molecule has 0 aliphatic rings. The molecule has 0 aliphatic carbocycles. The van der Waals surface area contributed by atoms with Gasteiger partial charge >= 0.3 is 0 Å². The van der Waals surface area contributed by atoms with Crippen molar-refractivity contribution in [3.63, 3.8) is 0 Å². The van der Waals surface area contributed by atoms with Crippen molar-refractivity contribution in [1.29, 1.82) is 0 Å². The fraction of sp³-hybridized carbons (Fsp3) is 0.200. The third-order valence-corrected chi connectivity index (χ3v) is 3.45. The Hall–Kier alpha value is -2.07. The Labute approximate surface area is 122 Å². The van der Waals surface area contributed by atoms with E-state index in [2.05, 4.69) is 22.3 Å². The molecule has 1 aromatic carbocycles. The number of pyridine rings is 1. The number of nitrogens with zero attached hydrogens (tertiary/aromatic N) is 3. The molecule has 0 amide bonds. The second kappa shape index (κ2) is 5.13. The van der Waals surface area contributed by atoms with E-state index in [0.29, 0.717) is 5.02 Å². The number of nitrogens with one attached hydrogen (secondary N) is 1. The first kappa shape index (κ1) is 12.9. The number of aryl methyl sites for hydroxylation is 2. The topological polar surface area (TPSA) is 42.7 Å². The highest BCUT2D eigenvalue weighted by Gasteiger charge is 2.08. The largest absolute Gasteiger partial charge is 0.352 e. The first-order valence-corrected chi connectivity index (χ1v) is 6.89. The third kappa shape index (κ3) is 2.34. The summed E-state index contributed by atoms with van der Waals surface area (Å²) in [6, 6.07) is 7.68. The standard InChI is InChI=1S/C15H15ClN4/c1-3-12-15(9-20(2)19-12)18-13-6-7-17-14-8-10(16)4-5-11(13)14/h4-9H,3H2,1-2H3,(H,17,18). The zero-order valence-electron chi connectivity index (χ0n) is 11.4. The summed E-state index contributed by atoms with van der Waals surface area (Å²) in [5.74, 6) is 0. The second-order valence-electron chi connectivity index (χ2n) is 4.66. The molecule has 0 atom stereocenters. The number of fused-ring (bicyclic) bond motifs is 1. The van der Waals surface area contributed by atoms with Crippen molar-refractivity contribution in [2.24, 2.45) is 7.05 Å². The van der Waals surface area contributed by atoms with E-state index < -0.39 is 0 Å². The number of aromatic nitrogens is 3. The SMILES string of the molecule is CCc1nn(C)cc1Nc1ccnc2cc(Cl)ccc12. The minimum absolute atomic E-state index is 0.692. The van der Waals surface area contributed by atoms with Gasteiger partial charge in [-0.25, -0.2) is 0 Å². The van der Waals surface area contributed by atoms with Crippen molar-refractivity contribution in [1.82, 2.24) is 14.8 Å². The maximum absolute atomic E-state index is 6.01. The summed E-state index contributed by atoms with van der Waals surface area (Å²) in [4.78, 5) is 4.35. The van der Waals surface area contributed by atoms with Crippen LogP contribution in [0.4, 0.5) is 11.4 Å². The molecule has 0 saturated heterocycles. The molecule has 0 bridgehead atoms. The Bertz CT molecular complexity index is 764. The lowest BCUT2D eigenvalue weighted by atomic mass is 10.2. The summed E-state index contributed by atoms with van der Waals surface area (Å²) in [7, 11) is 1.93. The molecule has 4 nitrogen and oxygen atoms in total. The molecule has 2 heterocycles. The first-order chi connectivity index (χ1) is 9.67. The van der Waals surface area contributed by atoms with Crippen LogP contribution in [0.1, 0.15) is 12.6 Å². The van der Waals surface area contributed by atoms with Gasteiger partial charge in [-0.1, -0.05) is 18.5 Å². The normalized spacial score (nSPS) is 10.9. The molecule has 0 fully saturated rings. The molecule has 0 spiro atoms. The summed E-state index contributed by atoms with van der Waals surface area (Å²) in [5.41, 5.74) is 3.96. The van der Waals surface area contributed by atoms with Crippen molar-refractivity contribution in [3.05, 3.63) is 47.4 Å². The van der Waals surface area contributed by atoms with Crippen LogP contribution in [0, 0.1) is 0 Å². The average Bonchev–Trinajstić information content (AvgIpc) is 2.78. The molecular formula is C15H15ClN4. The maximum Gasteiger partial charge on any atom is 0.0856 e. The highest BCUT2D eigenvalue weighted by atomic mass is 35.5. The van der Waals surface area contributed by atoms with Crippen molar-refractivity contribution >= 4 is 33.9 Å². The van der Waals surface area contributed by atoms with Gasteiger partial charge in [0.1, 0.15) is 0 Å². The minimum Gasteiger partial charge on any atom is -0.352 e. The van der Waals surface area contributed by atoms with Crippen LogP contribution < -0.4 is 5.32 Å². The van der Waals surface area contributed by atoms with Gasteiger partial charge in [-0.2, -0.15) is 5.10 Å². The van der Waals surface area contributed by atoms with E-state index in [1.807, 2.05) is 42.2 Å². The molecule has 1 N–H and O–H groups in total. The molecular weight excluding hydrogens is 272 g/mol. The highest BCUT2D eigenvalue weighted by molar-refractivity contribution is 6.31. The van der Waals surface area contributed by atoms with Crippen LogP contribution in [0.3, 0.4) is 0 Å². The fourth-order valence-corrected chi connectivity index (χ4v) is 2.44. The average molecular weight is 287 g/mol. The van der Waals surface area contributed by atoms with E-state index in [0.717, 1.165) is 34.4 Å². The minimum atomic E-state index is 0.692. The van der Waals surface area contributed by atoms with Crippen LogP contribution in [0.2, 0.25) is 5.02 Å². The summed E-state index contributed by atoms with van der Waals surface area (Å²) < 4.78 is 1.82. The third-order valence-electron chi connectivity index (χ3n) is 3.21. The van der Waals surface area contributed by atoms with E-state index >= 15 is 0 Å². The van der Waals surface area contributed by atoms with Gasteiger partial charge in [0.05, 0.1) is 16.9 Å². The van der Waals surface area contributed by atoms with Gasteiger partial charge in [-0.15, -0.1) is 0 Å². The van der Waals surface area contributed by atoms with E-state index in [4.69, 9.17) is 11.6 Å². The van der Waals surface area contributed by atoms with Crippen LogP contribution in [-0.2, 0) is 13.5 Å². The van der Waals surface area contributed by atoms with Gasteiger partial charge in [-0.3, -0.25) is 9.67 Å². The van der Waals surface area contributed by atoms with Crippen molar-refractivity contribution in [2.45, 2.75) is 13.3 Å². The molecule has 0 saturated carbocycles. The van der Waals surface area contributed by atoms with Crippen LogP contribution >= 0.6 is 11.6 Å². The van der Waals surface area contributed by atoms with E-state index in [1.54, 1.807) is 6.20 Å². The fourth-order valence-electron chi connectivity index (χ4n) is 2.28. The number of hydrogen-bond donors (Lipinski definition) is 1. The molecule has 2 aromatic heterocycles. The van der Waals surface area contributed by atoms with E-state index in [9.17, 15) is 0 Å². The molecule has 5 heteroatoms. The number of hydrogen-bond acceptors (Lipinski definition) is 3. The Morgan fingerprint density at radius 2 is 2.10 bits per heavy atom. The van der Waals surface area contributed by atoms with Crippen molar-refractivity contribution < 1.29 is 0 Å². The van der Waals surface area contributed by atoms with Gasteiger partial charge < -0.3 is 5.32 Å². The number of benzene rings is 1. The van der Waals surface area contributed by atoms with Gasteiger partial charge in [0.15, 0.2) is 0 Å². The molecule has 0 unspecified atom stereocenters. The summed E-state index contributed by atoms with van der Waals surface area (Å²) in [6.45, 7) is 2.10. The molecule has 0 aliphatic heterocycles. The summed E-state index contributed by atoms with van der Waals surface area (Å²) >= 11 is 6.01. The molecule has 3 aromatic rings. The van der Waals surface area contributed by atoms with Crippen LogP contribution in [0.25, 0.3) is 10.9 Å². The zero-order chi connectivity index (χ0) is 14.1. The number of anilines is 2. The quantitative estimate of drug-likeness (QED) is 0.793. The van der Waals surface area contributed by atoms with Crippen molar-refractivity contribution in [3.8, 4) is 0 Å². The van der Waals surface area contributed by atoms with Gasteiger partial charge in [0, 0.05) is 35.5 Å².